The van der Waals surface area contributed by atoms with Crippen molar-refractivity contribution in [1.29, 1.82) is 0 Å². The number of hydrogen-bond donors (Lipinski definition) is 2. The van der Waals surface area contributed by atoms with Gasteiger partial charge in [-0.25, -0.2) is 4.68 Å². The first-order chi connectivity index (χ1) is 8.45. The highest BCUT2D eigenvalue weighted by Crippen LogP contribution is 2.29. The standard InChI is InChI=1S/C14H24N2O2/c1-14(2,3)12-11(9-17)13(18)16(15-12)10-7-5-4-6-8-10/h10,15,17H,4-9H2,1-3H3. The fraction of sp³-hybridized carbons (Fsp3) is 0.786. The molecule has 0 bridgehead atoms. The van der Waals surface area contributed by atoms with E-state index in [1.165, 1.54) is 19.3 Å². The smallest absolute Gasteiger partial charge is 0.272 e. The summed E-state index contributed by atoms with van der Waals surface area (Å²) in [5.41, 5.74) is 1.24. The molecular weight excluding hydrogens is 228 g/mol. The molecule has 0 aliphatic heterocycles. The molecule has 1 aromatic heterocycles. The summed E-state index contributed by atoms with van der Waals surface area (Å²) >= 11 is 0. The molecule has 1 aliphatic rings. The monoisotopic (exact) mass is 252 g/mol. The van der Waals surface area contributed by atoms with Crippen molar-refractivity contribution in [3.05, 3.63) is 21.6 Å². The molecule has 2 rings (SSSR count). The largest absolute Gasteiger partial charge is 0.391 e. The average molecular weight is 252 g/mol. The van der Waals surface area contributed by atoms with E-state index in [4.69, 9.17) is 0 Å². The van der Waals surface area contributed by atoms with Crippen LogP contribution in [-0.2, 0) is 12.0 Å². The molecule has 4 heteroatoms. The van der Waals surface area contributed by atoms with E-state index in [9.17, 15) is 9.90 Å². The number of nitrogens with one attached hydrogen (secondary N) is 1. The van der Waals surface area contributed by atoms with Crippen molar-refractivity contribution in [2.24, 2.45) is 0 Å². The molecule has 4 nitrogen and oxygen atoms in total. The molecule has 2 N–H and O–H groups in total. The van der Waals surface area contributed by atoms with Gasteiger partial charge in [-0.05, 0) is 12.8 Å². The normalized spacial score (nSPS) is 18.2. The van der Waals surface area contributed by atoms with Crippen LogP contribution in [0.3, 0.4) is 0 Å². The first-order valence-corrected chi connectivity index (χ1v) is 6.90. The van der Waals surface area contributed by atoms with Crippen LogP contribution in [0.15, 0.2) is 4.79 Å². The Morgan fingerprint density at radius 3 is 2.33 bits per heavy atom. The third-order valence-electron chi connectivity index (χ3n) is 3.86. The van der Waals surface area contributed by atoms with Gasteiger partial charge in [0.1, 0.15) is 0 Å². The molecule has 1 fully saturated rings. The van der Waals surface area contributed by atoms with Crippen LogP contribution in [0.2, 0.25) is 0 Å². The van der Waals surface area contributed by atoms with Gasteiger partial charge in [0.2, 0.25) is 0 Å². The molecule has 0 amide bonds. The maximum atomic E-state index is 12.3. The first-order valence-electron chi connectivity index (χ1n) is 6.90. The first kappa shape index (κ1) is 13.4. The summed E-state index contributed by atoms with van der Waals surface area (Å²) in [7, 11) is 0. The third kappa shape index (κ3) is 2.39. The van der Waals surface area contributed by atoms with Crippen molar-refractivity contribution in [3.63, 3.8) is 0 Å². The summed E-state index contributed by atoms with van der Waals surface area (Å²) in [5, 5.41) is 12.7. The predicted molar refractivity (Wildman–Crippen MR) is 71.8 cm³/mol. The van der Waals surface area contributed by atoms with Crippen LogP contribution in [0.5, 0.6) is 0 Å². The Hall–Kier alpha value is -1.03. The molecule has 18 heavy (non-hydrogen) atoms. The van der Waals surface area contributed by atoms with Crippen LogP contribution in [0.1, 0.15) is 70.2 Å². The number of rotatable bonds is 2. The van der Waals surface area contributed by atoms with Crippen molar-refractivity contribution < 1.29 is 5.11 Å². The van der Waals surface area contributed by atoms with Crippen molar-refractivity contribution in [3.8, 4) is 0 Å². The SMILES string of the molecule is CC(C)(C)c1[nH]n(C2CCCCC2)c(=O)c1CO. The van der Waals surface area contributed by atoms with E-state index >= 15 is 0 Å². The molecule has 0 unspecified atom stereocenters. The maximum absolute atomic E-state index is 12.3. The zero-order valence-corrected chi connectivity index (χ0v) is 11.6. The Balaban J connectivity index is 2.43. The molecule has 0 atom stereocenters. The highest BCUT2D eigenvalue weighted by Gasteiger charge is 2.27. The van der Waals surface area contributed by atoms with E-state index in [1.807, 2.05) is 0 Å². The summed E-state index contributed by atoms with van der Waals surface area (Å²) in [6, 6.07) is 0.285. The number of aliphatic hydroxyl groups excluding tert-OH is 1. The molecule has 0 radical (unpaired) electrons. The number of aliphatic hydroxyl groups is 1. The molecule has 1 aromatic rings. The lowest BCUT2D eigenvalue weighted by atomic mass is 9.90. The quantitative estimate of drug-likeness (QED) is 0.849. The minimum atomic E-state index is -0.179. The van der Waals surface area contributed by atoms with E-state index in [-0.39, 0.29) is 23.6 Å². The summed E-state index contributed by atoms with van der Waals surface area (Å²) in [6.45, 7) is 6.00. The van der Waals surface area contributed by atoms with Gasteiger partial charge < -0.3 is 5.11 Å². The van der Waals surface area contributed by atoms with E-state index in [0.29, 0.717) is 5.56 Å². The maximum Gasteiger partial charge on any atom is 0.272 e. The van der Waals surface area contributed by atoms with Gasteiger partial charge in [-0.1, -0.05) is 40.0 Å². The van der Waals surface area contributed by atoms with E-state index < -0.39 is 0 Å². The van der Waals surface area contributed by atoms with Crippen LogP contribution >= 0.6 is 0 Å². The van der Waals surface area contributed by atoms with Crippen LogP contribution in [0, 0.1) is 0 Å². The highest BCUT2D eigenvalue weighted by molar-refractivity contribution is 5.23. The van der Waals surface area contributed by atoms with E-state index in [2.05, 4.69) is 25.9 Å². The zero-order chi connectivity index (χ0) is 13.3. The summed E-state index contributed by atoms with van der Waals surface area (Å²) in [6.07, 6.45) is 5.78. The fourth-order valence-electron chi connectivity index (χ4n) is 2.85. The Morgan fingerprint density at radius 2 is 1.89 bits per heavy atom. The lowest BCUT2D eigenvalue weighted by Gasteiger charge is -2.23. The minimum absolute atomic E-state index is 0.0330. The van der Waals surface area contributed by atoms with Gasteiger partial charge in [-0.3, -0.25) is 9.89 Å². The van der Waals surface area contributed by atoms with Crippen LogP contribution in [0.25, 0.3) is 0 Å². The minimum Gasteiger partial charge on any atom is -0.391 e. The second kappa shape index (κ2) is 4.92. The topological polar surface area (TPSA) is 58.0 Å². The Kier molecular flexibility index (Phi) is 3.66. The van der Waals surface area contributed by atoms with Crippen molar-refractivity contribution >= 4 is 0 Å². The van der Waals surface area contributed by atoms with Gasteiger partial charge in [-0.2, -0.15) is 0 Å². The average Bonchev–Trinajstić information content (AvgIpc) is 2.67. The van der Waals surface area contributed by atoms with Gasteiger partial charge in [0, 0.05) is 11.1 Å². The van der Waals surface area contributed by atoms with Gasteiger partial charge in [0.15, 0.2) is 0 Å². The van der Waals surface area contributed by atoms with E-state index in [0.717, 1.165) is 18.5 Å². The van der Waals surface area contributed by atoms with Gasteiger partial charge in [-0.15, -0.1) is 0 Å². The summed E-state index contributed by atoms with van der Waals surface area (Å²) in [5.74, 6) is 0. The third-order valence-corrected chi connectivity index (χ3v) is 3.86. The summed E-state index contributed by atoms with van der Waals surface area (Å²) in [4.78, 5) is 12.3. The number of aromatic nitrogens is 2. The predicted octanol–water partition coefficient (Wildman–Crippen LogP) is 2.47. The molecule has 0 aromatic carbocycles. The Morgan fingerprint density at radius 1 is 1.28 bits per heavy atom. The van der Waals surface area contributed by atoms with Gasteiger partial charge in [0.25, 0.3) is 5.56 Å². The van der Waals surface area contributed by atoms with Crippen molar-refractivity contribution in [2.45, 2.75) is 70.9 Å². The second-order valence-corrected chi connectivity index (χ2v) is 6.34. The van der Waals surface area contributed by atoms with Crippen LogP contribution < -0.4 is 5.56 Å². The Bertz CT molecular complexity index is 459. The number of nitrogens with zero attached hydrogens (tertiary/aromatic N) is 1. The molecule has 0 saturated heterocycles. The lowest BCUT2D eigenvalue weighted by Crippen LogP contribution is -2.25. The molecule has 1 aliphatic carbocycles. The molecular formula is C14H24N2O2. The molecule has 1 saturated carbocycles. The number of H-pyrrole nitrogens is 1. The van der Waals surface area contributed by atoms with Crippen LogP contribution in [-0.4, -0.2) is 14.9 Å². The fourth-order valence-corrected chi connectivity index (χ4v) is 2.85. The van der Waals surface area contributed by atoms with Crippen molar-refractivity contribution in [1.82, 2.24) is 9.78 Å². The number of hydrogen-bond acceptors (Lipinski definition) is 2. The van der Waals surface area contributed by atoms with Gasteiger partial charge in [0.05, 0.1) is 18.2 Å². The van der Waals surface area contributed by atoms with Crippen molar-refractivity contribution in [2.75, 3.05) is 0 Å². The second-order valence-electron chi connectivity index (χ2n) is 6.34. The molecule has 102 valence electrons. The highest BCUT2D eigenvalue weighted by atomic mass is 16.3. The molecule has 1 heterocycles. The zero-order valence-electron chi connectivity index (χ0n) is 11.6. The van der Waals surface area contributed by atoms with Gasteiger partial charge >= 0.3 is 0 Å². The Labute approximate surface area is 108 Å². The number of aromatic amines is 1. The van der Waals surface area contributed by atoms with Crippen LogP contribution in [0.4, 0.5) is 0 Å². The van der Waals surface area contributed by atoms with E-state index in [1.54, 1.807) is 4.68 Å². The molecule has 0 spiro atoms. The summed E-state index contributed by atoms with van der Waals surface area (Å²) < 4.78 is 1.76. The lowest BCUT2D eigenvalue weighted by molar-refractivity contribution is 0.276.